The quantitative estimate of drug-likeness (QED) is 0.191. The minimum atomic E-state index is -1.49. The van der Waals surface area contributed by atoms with Gasteiger partial charge < -0.3 is 72.5 Å². The van der Waals surface area contributed by atoms with Gasteiger partial charge >= 0.3 is 11.9 Å². The second kappa shape index (κ2) is 23.7. The predicted octanol–water partition coefficient (Wildman–Crippen LogP) is 2.90. The highest BCUT2D eigenvalue weighted by molar-refractivity contribution is 5.72. The molecule has 0 aromatic rings. The molecule has 4 aliphatic heterocycles. The number of methoxy groups -OCH3 is 1. The summed E-state index contributed by atoms with van der Waals surface area (Å²) < 4.78 is 56.3. The van der Waals surface area contributed by atoms with Crippen molar-refractivity contribution < 1.29 is 72.3 Å². The third-order valence-electron chi connectivity index (χ3n) is 12.7. The lowest BCUT2D eigenvalue weighted by molar-refractivity contribution is -0.344. The Hall–Kier alpha value is -2.39. The normalized spacial score (nSPS) is 44.0. The molecule has 4 aliphatic rings. The van der Waals surface area contributed by atoms with Gasteiger partial charge in [0.25, 0.3) is 0 Å². The van der Waals surface area contributed by atoms with Crippen LogP contribution in [0.4, 0.5) is 0 Å². The summed E-state index contributed by atoms with van der Waals surface area (Å²) in [4.78, 5) is 42.7. The molecule has 0 amide bonds. The lowest BCUT2D eigenvalue weighted by Gasteiger charge is -2.50. The van der Waals surface area contributed by atoms with Crippen molar-refractivity contribution in [3.63, 3.8) is 0 Å². The van der Waals surface area contributed by atoms with E-state index in [1.165, 1.54) is 21.0 Å². The van der Waals surface area contributed by atoms with Gasteiger partial charge in [0.1, 0.15) is 42.9 Å². The molecule has 3 fully saturated rings. The second-order valence-corrected chi connectivity index (χ2v) is 18.4. The zero-order chi connectivity index (χ0) is 46.1. The van der Waals surface area contributed by atoms with Crippen LogP contribution < -0.4 is 0 Å². The summed E-state index contributed by atoms with van der Waals surface area (Å²) in [5.41, 5.74) is -1.49. The van der Waals surface area contributed by atoms with Crippen molar-refractivity contribution in [3.05, 3.63) is 24.3 Å². The third-order valence-corrected chi connectivity index (χ3v) is 12.7. The Kier molecular flexibility index (Phi) is 20.0. The molecule has 0 spiro atoms. The van der Waals surface area contributed by atoms with E-state index in [9.17, 15) is 29.7 Å². The van der Waals surface area contributed by atoms with Crippen molar-refractivity contribution in [1.29, 1.82) is 0 Å². The zero-order valence-corrected chi connectivity index (χ0v) is 38.9. The first-order valence-corrected chi connectivity index (χ1v) is 22.2. The maximum Gasteiger partial charge on any atom is 0.309 e. The molecule has 0 aromatic carbocycles. The monoisotopic (exact) mass is 885 g/mol. The van der Waals surface area contributed by atoms with E-state index in [0.717, 1.165) is 12.7 Å². The van der Waals surface area contributed by atoms with E-state index in [4.69, 9.17) is 42.6 Å². The number of esters is 2. The van der Waals surface area contributed by atoms with Crippen molar-refractivity contribution in [1.82, 2.24) is 9.80 Å². The molecule has 0 radical (unpaired) electrons. The van der Waals surface area contributed by atoms with E-state index >= 15 is 0 Å². The number of aliphatic hydroxyl groups excluding tert-OH is 2. The molecule has 0 unspecified atom stereocenters. The largest absolute Gasteiger partial charge is 0.462 e. The molecule has 19 atom stereocenters. The number of carbonyl (C=O) groups excluding carboxylic acids is 3. The number of rotatable bonds is 12. The zero-order valence-electron chi connectivity index (χ0n) is 38.9. The number of allylic oxidation sites excluding steroid dienone is 2. The molecule has 0 aromatic heterocycles. The Morgan fingerprint density at radius 2 is 1.60 bits per heavy atom. The maximum absolute atomic E-state index is 13.4. The van der Waals surface area contributed by atoms with E-state index < -0.39 is 109 Å². The number of hydrogen-bond donors (Lipinski definition) is 3. The average Bonchev–Trinajstić information content (AvgIpc) is 3.16. The van der Waals surface area contributed by atoms with E-state index in [2.05, 4.69) is 4.90 Å². The molecule has 0 saturated carbocycles. The topological polar surface area (TPSA) is 201 Å². The molecule has 356 valence electrons. The van der Waals surface area contributed by atoms with Crippen molar-refractivity contribution in [2.75, 3.05) is 35.3 Å². The number of likely N-dealkylation sites (N-methyl/N-ethyl adjacent to an activating group) is 2. The van der Waals surface area contributed by atoms with E-state index in [1.807, 2.05) is 52.2 Å². The van der Waals surface area contributed by atoms with Gasteiger partial charge in [-0.05, 0) is 93.9 Å². The maximum atomic E-state index is 13.4. The number of aldehydes is 1. The van der Waals surface area contributed by atoms with Crippen LogP contribution in [0.15, 0.2) is 24.3 Å². The van der Waals surface area contributed by atoms with Gasteiger partial charge in [-0.25, -0.2) is 0 Å². The van der Waals surface area contributed by atoms with Crippen molar-refractivity contribution >= 4 is 18.2 Å². The third kappa shape index (κ3) is 14.1. The van der Waals surface area contributed by atoms with Gasteiger partial charge in [-0.15, -0.1) is 0 Å². The Labute approximate surface area is 368 Å². The van der Waals surface area contributed by atoms with Crippen molar-refractivity contribution in [3.8, 4) is 0 Å². The first kappa shape index (κ1) is 52.2. The molecular formula is C45H76N2O15. The SMILES string of the molecule is CO[C@@H]1[C@@H](O[C@@H]2O[C@H](C)[C@@H](O[C@H]3C[C@@](C)(O)[C@@H](O)[C@H](C)O3)[C@H](N(C)C)[C@H]2O)[C@@H](CC=O)C[C@@H](C)[C@@H](O[C@@H]2CC[C@H](N(C)C)[C@@H](C)O2)/C=C/C=C/C[C@@H](C)OC(=O)C[C@H]1OC(C)=O. The minimum absolute atomic E-state index is 0.0293. The molecular weight excluding hydrogens is 808 g/mol. The van der Waals surface area contributed by atoms with Crippen molar-refractivity contribution in [2.24, 2.45) is 11.8 Å². The van der Waals surface area contributed by atoms with Crippen LogP contribution in [0.5, 0.6) is 0 Å². The van der Waals surface area contributed by atoms with Gasteiger partial charge in [0.05, 0.1) is 48.6 Å². The fourth-order valence-corrected chi connectivity index (χ4v) is 9.40. The summed E-state index contributed by atoms with van der Waals surface area (Å²) in [6.07, 6.45) is -1.81. The van der Waals surface area contributed by atoms with Gasteiger partial charge in [0.15, 0.2) is 18.9 Å². The molecule has 17 nitrogen and oxygen atoms in total. The summed E-state index contributed by atoms with van der Waals surface area (Å²) in [7, 11) is 9.02. The highest BCUT2D eigenvalue weighted by atomic mass is 16.7. The number of hydrogen-bond acceptors (Lipinski definition) is 17. The van der Waals surface area contributed by atoms with E-state index in [1.54, 1.807) is 39.8 Å². The average molecular weight is 885 g/mol. The number of ether oxygens (including phenoxy) is 9. The van der Waals surface area contributed by atoms with E-state index in [-0.39, 0.29) is 37.3 Å². The molecule has 4 rings (SSSR count). The molecule has 4 heterocycles. The lowest BCUT2D eigenvalue weighted by Crippen LogP contribution is -2.65. The van der Waals surface area contributed by atoms with Crippen LogP contribution in [-0.4, -0.2) is 182 Å². The van der Waals surface area contributed by atoms with Crippen LogP contribution in [-0.2, 0) is 57.0 Å². The lowest BCUT2D eigenvalue weighted by atomic mass is 9.82. The number of cyclic esters (lactones) is 1. The van der Waals surface area contributed by atoms with Crippen LogP contribution >= 0.6 is 0 Å². The van der Waals surface area contributed by atoms with Gasteiger partial charge in [-0.2, -0.15) is 0 Å². The first-order valence-electron chi connectivity index (χ1n) is 22.2. The fraction of sp³-hybridized carbons (Fsp3) is 0.844. The minimum Gasteiger partial charge on any atom is -0.462 e. The van der Waals surface area contributed by atoms with Crippen molar-refractivity contribution in [2.45, 2.75) is 197 Å². The van der Waals surface area contributed by atoms with Crippen LogP contribution in [0.3, 0.4) is 0 Å². The highest BCUT2D eigenvalue weighted by Crippen LogP contribution is 2.38. The number of aliphatic hydroxyl groups is 3. The summed E-state index contributed by atoms with van der Waals surface area (Å²) in [6, 6.07) is -0.509. The van der Waals surface area contributed by atoms with E-state index in [0.29, 0.717) is 19.3 Å². The molecule has 62 heavy (non-hydrogen) atoms. The molecule has 0 bridgehead atoms. The van der Waals surface area contributed by atoms with Gasteiger partial charge in [0, 0.05) is 39.3 Å². The second-order valence-electron chi connectivity index (χ2n) is 18.4. The highest BCUT2D eigenvalue weighted by Gasteiger charge is 2.52. The summed E-state index contributed by atoms with van der Waals surface area (Å²) in [6.45, 7) is 12.0. The summed E-state index contributed by atoms with van der Waals surface area (Å²) in [5, 5.41) is 33.6. The molecule has 17 heteroatoms. The Bertz CT molecular complexity index is 1480. The number of carbonyl (C=O) groups is 3. The van der Waals surface area contributed by atoms with Gasteiger partial charge in [-0.1, -0.05) is 31.2 Å². The summed E-state index contributed by atoms with van der Waals surface area (Å²) >= 11 is 0. The standard InChI is InChI=1S/C45H76N2O15/c1-25-22-31(20-21-48)41(62-44-39(51)38(47(10)11)40(28(4)58-44)61-37-24-45(7,53)43(52)29(5)57-37)42(54-12)34(59-30(6)49)23-35(50)55-26(2)16-14-13-15-17-33(25)60-36-19-18-32(46(8)9)27(3)56-36/h13-15,17,21,25-29,31-34,36-44,51-53H,16,18-20,22-24H2,1-12H3/b14-13+,17-15+/t25-,26-,27-,28-,29+,31+,32+,33+,34-,36-,37+,38-,39-,40-,41+,42+,43+,44+,45-/m1/s1. The molecule has 0 aliphatic carbocycles. The molecule has 3 N–H and O–H groups in total. The fourth-order valence-electron chi connectivity index (χ4n) is 9.40. The predicted molar refractivity (Wildman–Crippen MR) is 226 cm³/mol. The van der Waals surface area contributed by atoms with Crippen LogP contribution in [0.25, 0.3) is 0 Å². The van der Waals surface area contributed by atoms with Crippen LogP contribution in [0.2, 0.25) is 0 Å². The Balaban J connectivity index is 1.73. The Morgan fingerprint density at radius 1 is 0.903 bits per heavy atom. The van der Waals surface area contributed by atoms with Gasteiger partial charge in [-0.3, -0.25) is 9.59 Å². The number of nitrogens with zero attached hydrogens (tertiary/aromatic N) is 2. The first-order chi connectivity index (χ1) is 29.2. The van der Waals surface area contributed by atoms with Crippen LogP contribution in [0.1, 0.15) is 93.4 Å². The Morgan fingerprint density at radius 3 is 2.19 bits per heavy atom. The molecule has 3 saturated heterocycles. The van der Waals surface area contributed by atoms with Gasteiger partial charge in [0.2, 0.25) is 0 Å². The van der Waals surface area contributed by atoms with Crippen LogP contribution in [0, 0.1) is 11.8 Å². The summed E-state index contributed by atoms with van der Waals surface area (Å²) in [5.74, 6) is -2.21. The smallest absolute Gasteiger partial charge is 0.309 e.